The third kappa shape index (κ3) is 3.44. The molecule has 0 bridgehead atoms. The molecule has 0 unspecified atom stereocenters. The summed E-state index contributed by atoms with van der Waals surface area (Å²) in [5.41, 5.74) is 1.14. The molecule has 1 aromatic heterocycles. The molecule has 0 fully saturated rings. The Labute approximate surface area is 141 Å². The Morgan fingerprint density at radius 3 is 2.71 bits per heavy atom. The number of oxazole rings is 1. The van der Waals surface area contributed by atoms with Crippen LogP contribution in [0, 0.1) is 0 Å². The molecule has 0 radical (unpaired) electrons. The van der Waals surface area contributed by atoms with E-state index in [0.717, 1.165) is 0 Å². The summed E-state index contributed by atoms with van der Waals surface area (Å²) in [6.07, 6.45) is 1.24. The van der Waals surface area contributed by atoms with E-state index in [1.165, 1.54) is 18.3 Å². The highest BCUT2D eigenvalue weighted by atomic mass is 35.5. The number of halogens is 1. The van der Waals surface area contributed by atoms with Crippen molar-refractivity contribution >= 4 is 29.5 Å². The Bertz CT molecular complexity index is 917. The van der Waals surface area contributed by atoms with Crippen LogP contribution in [-0.4, -0.2) is 22.3 Å². The lowest BCUT2D eigenvalue weighted by Crippen LogP contribution is -1.95. The van der Waals surface area contributed by atoms with Crippen LogP contribution in [0.25, 0.3) is 11.5 Å². The van der Waals surface area contributed by atoms with Crippen molar-refractivity contribution in [1.29, 1.82) is 0 Å². The molecule has 3 aromatic rings. The fraction of sp³-hybridized carbons (Fsp3) is 0. The Hall–Kier alpha value is -3.12. The van der Waals surface area contributed by atoms with E-state index in [1.807, 2.05) is 0 Å². The third-order valence-electron chi connectivity index (χ3n) is 3.14. The van der Waals surface area contributed by atoms with Gasteiger partial charge in [-0.3, -0.25) is 4.99 Å². The van der Waals surface area contributed by atoms with E-state index in [2.05, 4.69) is 9.98 Å². The maximum Gasteiger partial charge on any atom is 0.335 e. The number of aromatic nitrogens is 1. The third-order valence-corrected chi connectivity index (χ3v) is 3.39. The quantitative estimate of drug-likeness (QED) is 0.732. The van der Waals surface area contributed by atoms with Crippen molar-refractivity contribution in [2.45, 2.75) is 0 Å². The molecule has 24 heavy (non-hydrogen) atoms. The van der Waals surface area contributed by atoms with Crippen LogP contribution in [0.5, 0.6) is 5.95 Å². The molecule has 1 heterocycles. The zero-order valence-electron chi connectivity index (χ0n) is 12.1. The van der Waals surface area contributed by atoms with Gasteiger partial charge in [-0.1, -0.05) is 29.8 Å². The van der Waals surface area contributed by atoms with Crippen molar-refractivity contribution in [1.82, 2.24) is 4.98 Å². The summed E-state index contributed by atoms with van der Waals surface area (Å²) in [5.74, 6) is -1.52. The number of hydrogen-bond acceptors (Lipinski definition) is 5. The molecule has 6 nitrogen and oxygen atoms in total. The van der Waals surface area contributed by atoms with Gasteiger partial charge in [-0.2, -0.15) is 0 Å². The molecule has 3 rings (SSSR count). The first-order valence-corrected chi connectivity index (χ1v) is 7.22. The summed E-state index contributed by atoms with van der Waals surface area (Å²) in [7, 11) is 0. The van der Waals surface area contributed by atoms with E-state index >= 15 is 0 Å². The summed E-state index contributed by atoms with van der Waals surface area (Å²) in [6.45, 7) is 0. The van der Waals surface area contributed by atoms with Crippen LogP contribution in [0.4, 0.5) is 5.69 Å². The van der Waals surface area contributed by atoms with Crippen LogP contribution >= 0.6 is 11.6 Å². The molecule has 0 atom stereocenters. The van der Waals surface area contributed by atoms with Gasteiger partial charge in [0.2, 0.25) is 0 Å². The zero-order valence-corrected chi connectivity index (χ0v) is 12.9. The van der Waals surface area contributed by atoms with Gasteiger partial charge in [-0.05, 0) is 30.3 Å². The van der Waals surface area contributed by atoms with E-state index in [1.54, 1.807) is 36.4 Å². The molecule has 7 heteroatoms. The normalized spacial score (nSPS) is 11.0. The van der Waals surface area contributed by atoms with E-state index in [0.29, 0.717) is 16.3 Å². The SMILES string of the molecule is O=C(O)c1cccc(N=Cc2nc(-c3ccc(Cl)cc3)oc2[O-])c1. The number of rotatable bonds is 4. The summed E-state index contributed by atoms with van der Waals surface area (Å²) in [5, 5.41) is 21.3. The van der Waals surface area contributed by atoms with Gasteiger partial charge in [0.1, 0.15) is 11.6 Å². The zero-order chi connectivity index (χ0) is 17.1. The smallest absolute Gasteiger partial charge is 0.335 e. The first-order chi connectivity index (χ1) is 11.5. The molecule has 120 valence electrons. The van der Waals surface area contributed by atoms with Gasteiger partial charge in [0.05, 0.1) is 23.4 Å². The molecule has 0 saturated carbocycles. The van der Waals surface area contributed by atoms with Crippen LogP contribution < -0.4 is 5.11 Å². The lowest BCUT2D eigenvalue weighted by molar-refractivity contribution is -0.293. The van der Waals surface area contributed by atoms with Crippen molar-refractivity contribution in [3.8, 4) is 17.4 Å². The molecule has 0 spiro atoms. The van der Waals surface area contributed by atoms with Gasteiger partial charge in [0.15, 0.2) is 0 Å². The molecule has 0 amide bonds. The van der Waals surface area contributed by atoms with E-state index < -0.39 is 11.9 Å². The average Bonchev–Trinajstić information content (AvgIpc) is 2.95. The monoisotopic (exact) mass is 341 g/mol. The number of nitrogens with zero attached hydrogens (tertiary/aromatic N) is 2. The molecular weight excluding hydrogens is 332 g/mol. The van der Waals surface area contributed by atoms with Gasteiger partial charge >= 0.3 is 5.97 Å². The number of aromatic carboxylic acids is 1. The van der Waals surface area contributed by atoms with Gasteiger partial charge in [0.25, 0.3) is 0 Å². The standard InChI is InChI=1S/C17H11ClN2O4/c18-12-6-4-10(5-7-12)15-20-14(17(23)24-15)9-19-13-3-1-2-11(8-13)16(21)22/h1-9,23H,(H,21,22)/p-1. The minimum Gasteiger partial charge on any atom is -0.562 e. The second kappa shape index (κ2) is 6.55. The first kappa shape index (κ1) is 15.8. The molecule has 1 N–H and O–H groups in total. The Balaban J connectivity index is 1.87. The largest absolute Gasteiger partial charge is 0.562 e. The van der Waals surface area contributed by atoms with E-state index in [-0.39, 0.29) is 17.1 Å². The Morgan fingerprint density at radius 2 is 2.00 bits per heavy atom. The Kier molecular flexibility index (Phi) is 4.31. The Morgan fingerprint density at radius 1 is 1.25 bits per heavy atom. The maximum atomic E-state index is 11.8. The van der Waals surface area contributed by atoms with Crippen molar-refractivity contribution in [3.63, 3.8) is 0 Å². The molecule has 0 aliphatic heterocycles. The highest BCUT2D eigenvalue weighted by molar-refractivity contribution is 6.30. The molecule has 0 aliphatic rings. The van der Waals surface area contributed by atoms with Gasteiger partial charge < -0.3 is 14.6 Å². The number of benzene rings is 2. The molecule has 0 saturated heterocycles. The predicted octanol–water partition coefficient (Wildman–Crippen LogP) is 3.52. The maximum absolute atomic E-state index is 11.8. The number of carboxylic acid groups (broad SMARTS) is 1. The topological polar surface area (TPSA) is 98.8 Å². The fourth-order valence-electron chi connectivity index (χ4n) is 1.97. The van der Waals surface area contributed by atoms with Crippen molar-refractivity contribution in [2.24, 2.45) is 4.99 Å². The van der Waals surface area contributed by atoms with Crippen molar-refractivity contribution < 1.29 is 19.4 Å². The second-order valence-electron chi connectivity index (χ2n) is 4.81. The number of aliphatic imine (C=N–C) groups is 1. The lowest BCUT2D eigenvalue weighted by atomic mass is 10.2. The van der Waals surface area contributed by atoms with Gasteiger partial charge in [-0.25, -0.2) is 9.78 Å². The van der Waals surface area contributed by atoms with E-state index in [4.69, 9.17) is 21.1 Å². The fourth-order valence-corrected chi connectivity index (χ4v) is 2.10. The van der Waals surface area contributed by atoms with Gasteiger partial charge in [-0.15, -0.1) is 0 Å². The summed E-state index contributed by atoms with van der Waals surface area (Å²) in [4.78, 5) is 19.1. The van der Waals surface area contributed by atoms with Crippen molar-refractivity contribution in [3.05, 3.63) is 64.8 Å². The minimum atomic E-state index is -1.05. The molecule has 2 aromatic carbocycles. The minimum absolute atomic E-state index is 0.0284. The summed E-state index contributed by atoms with van der Waals surface area (Å²) >= 11 is 5.81. The molecule has 0 aliphatic carbocycles. The average molecular weight is 342 g/mol. The van der Waals surface area contributed by atoms with Crippen LogP contribution in [0.3, 0.4) is 0 Å². The van der Waals surface area contributed by atoms with Crippen LogP contribution in [0.15, 0.2) is 57.9 Å². The summed E-state index contributed by atoms with van der Waals surface area (Å²) in [6, 6.07) is 12.7. The summed E-state index contributed by atoms with van der Waals surface area (Å²) < 4.78 is 5.10. The van der Waals surface area contributed by atoms with E-state index in [9.17, 15) is 9.90 Å². The number of hydrogen-bond donors (Lipinski definition) is 1. The van der Waals surface area contributed by atoms with Crippen LogP contribution in [-0.2, 0) is 0 Å². The highest BCUT2D eigenvalue weighted by Gasteiger charge is 2.05. The van der Waals surface area contributed by atoms with Crippen LogP contribution in [0.2, 0.25) is 5.02 Å². The van der Waals surface area contributed by atoms with Crippen LogP contribution in [0.1, 0.15) is 16.1 Å². The highest BCUT2D eigenvalue weighted by Crippen LogP contribution is 2.25. The van der Waals surface area contributed by atoms with Gasteiger partial charge in [0, 0.05) is 10.6 Å². The molecular formula is C17H10ClN2O4-. The number of carboxylic acids is 1. The second-order valence-corrected chi connectivity index (χ2v) is 5.25. The number of carbonyl (C=O) groups is 1. The predicted molar refractivity (Wildman–Crippen MR) is 87.1 cm³/mol. The van der Waals surface area contributed by atoms with Crippen molar-refractivity contribution in [2.75, 3.05) is 0 Å². The first-order valence-electron chi connectivity index (χ1n) is 6.84. The lowest BCUT2D eigenvalue weighted by Gasteiger charge is -1.99.